The second-order valence-electron chi connectivity index (χ2n) is 8.56. The maximum atomic E-state index is 12.8. The molecule has 4 rings (SSSR count). The Morgan fingerprint density at radius 3 is 2.53 bits per heavy atom. The van der Waals surface area contributed by atoms with E-state index in [1.807, 2.05) is 42.8 Å². The van der Waals surface area contributed by atoms with Crippen molar-refractivity contribution in [2.75, 3.05) is 33.4 Å². The maximum absolute atomic E-state index is 12.8. The molecule has 30 heavy (non-hydrogen) atoms. The van der Waals surface area contributed by atoms with E-state index < -0.39 is 0 Å². The lowest BCUT2D eigenvalue weighted by Crippen LogP contribution is -2.68. The SMILES string of the molecule is CCCC(=O)N1CC2(C1)CN(C(=O)CC)[C@H](CO)c1c2c2ccc(OC)cc2n1C. The zero-order valence-corrected chi connectivity index (χ0v) is 18.3. The van der Waals surface area contributed by atoms with E-state index in [1.54, 1.807) is 7.11 Å². The summed E-state index contributed by atoms with van der Waals surface area (Å²) >= 11 is 0. The normalized spacial score (nSPS) is 19.7. The van der Waals surface area contributed by atoms with Gasteiger partial charge < -0.3 is 24.2 Å². The van der Waals surface area contributed by atoms with Crippen molar-refractivity contribution < 1.29 is 19.4 Å². The van der Waals surface area contributed by atoms with Crippen LogP contribution in [0.1, 0.15) is 50.4 Å². The first-order valence-electron chi connectivity index (χ1n) is 10.8. The van der Waals surface area contributed by atoms with E-state index in [-0.39, 0.29) is 29.9 Å². The number of benzene rings is 1. The topological polar surface area (TPSA) is 75.0 Å². The fourth-order valence-electron chi connectivity index (χ4n) is 5.31. The molecule has 0 bridgehead atoms. The lowest BCUT2D eigenvalue weighted by molar-refractivity contribution is -0.145. The van der Waals surface area contributed by atoms with Crippen LogP contribution in [0.3, 0.4) is 0 Å². The molecule has 2 aliphatic heterocycles. The van der Waals surface area contributed by atoms with Gasteiger partial charge in [-0.3, -0.25) is 9.59 Å². The molecular formula is C23H31N3O4. The molecule has 1 aromatic heterocycles. The standard InChI is InChI=1S/C23H31N3O4/c1-5-7-20(29)25-12-23(13-25)14-26(19(28)6-2)18(11-27)22-21(23)16-9-8-15(30-4)10-17(16)24(22)3/h8-10,18,27H,5-7,11-14H2,1-4H3/t18-/m1/s1. The van der Waals surface area contributed by atoms with E-state index in [1.165, 1.54) is 5.56 Å². The van der Waals surface area contributed by atoms with Gasteiger partial charge in [-0.1, -0.05) is 13.8 Å². The number of ether oxygens (including phenoxy) is 1. The summed E-state index contributed by atoms with van der Waals surface area (Å²) in [5.74, 6) is 0.967. The first-order valence-corrected chi connectivity index (χ1v) is 10.8. The van der Waals surface area contributed by atoms with Gasteiger partial charge in [0, 0.05) is 56.7 Å². The highest BCUT2D eigenvalue weighted by Gasteiger charge is 2.55. The number of fused-ring (bicyclic) bond motifs is 4. The minimum absolute atomic E-state index is 0.0280. The molecule has 0 radical (unpaired) electrons. The minimum Gasteiger partial charge on any atom is -0.497 e. The fraction of sp³-hybridized carbons (Fsp3) is 0.565. The Bertz CT molecular complexity index is 990. The molecule has 1 saturated heterocycles. The highest BCUT2D eigenvalue weighted by molar-refractivity contribution is 5.90. The number of aryl methyl sites for hydroxylation is 1. The van der Waals surface area contributed by atoms with E-state index in [2.05, 4.69) is 10.6 Å². The Hall–Kier alpha value is -2.54. The zero-order valence-electron chi connectivity index (χ0n) is 18.3. The van der Waals surface area contributed by atoms with Gasteiger partial charge in [-0.25, -0.2) is 0 Å². The summed E-state index contributed by atoms with van der Waals surface area (Å²) < 4.78 is 7.51. The van der Waals surface area contributed by atoms with Crippen LogP contribution in [-0.2, 0) is 22.1 Å². The van der Waals surface area contributed by atoms with Gasteiger partial charge in [-0.05, 0) is 24.1 Å². The largest absolute Gasteiger partial charge is 0.497 e. The highest BCUT2D eigenvalue weighted by Crippen LogP contribution is 2.49. The molecule has 7 nitrogen and oxygen atoms in total. The molecule has 2 amide bonds. The summed E-state index contributed by atoms with van der Waals surface area (Å²) in [6, 6.07) is 5.63. The molecule has 1 spiro atoms. The Kier molecular flexibility index (Phi) is 5.26. The predicted octanol–water partition coefficient (Wildman–Crippen LogP) is 2.35. The zero-order chi connectivity index (χ0) is 21.6. The van der Waals surface area contributed by atoms with E-state index in [0.717, 1.165) is 28.8 Å². The molecule has 1 aromatic carbocycles. The molecule has 7 heteroatoms. The lowest BCUT2D eigenvalue weighted by Gasteiger charge is -2.56. The Balaban J connectivity index is 1.88. The summed E-state index contributed by atoms with van der Waals surface area (Å²) in [6.07, 6.45) is 1.76. The third kappa shape index (κ3) is 2.90. The van der Waals surface area contributed by atoms with Gasteiger partial charge in [0.25, 0.3) is 0 Å². The number of hydrogen-bond donors (Lipinski definition) is 1. The number of carbonyl (C=O) groups is 2. The Morgan fingerprint density at radius 1 is 1.20 bits per heavy atom. The van der Waals surface area contributed by atoms with Gasteiger partial charge in [0.1, 0.15) is 5.75 Å². The number of aromatic nitrogens is 1. The number of amides is 2. The summed E-state index contributed by atoms with van der Waals surface area (Å²) in [6.45, 7) is 5.47. The fourth-order valence-corrected chi connectivity index (χ4v) is 5.31. The number of carbonyl (C=O) groups excluding carboxylic acids is 2. The van der Waals surface area contributed by atoms with Gasteiger partial charge in [0.2, 0.25) is 11.8 Å². The molecule has 0 aliphatic carbocycles. The number of nitrogens with zero attached hydrogens (tertiary/aromatic N) is 3. The second kappa shape index (κ2) is 7.61. The van der Waals surface area contributed by atoms with Crippen LogP contribution in [0, 0.1) is 0 Å². The van der Waals surface area contributed by atoms with Crippen molar-refractivity contribution in [3.63, 3.8) is 0 Å². The molecule has 0 unspecified atom stereocenters. The molecule has 2 aliphatic rings. The van der Waals surface area contributed by atoms with Crippen LogP contribution < -0.4 is 4.74 Å². The van der Waals surface area contributed by atoms with Crippen LogP contribution in [0.2, 0.25) is 0 Å². The number of methoxy groups -OCH3 is 1. The monoisotopic (exact) mass is 413 g/mol. The number of likely N-dealkylation sites (tertiary alicyclic amines) is 1. The van der Waals surface area contributed by atoms with Gasteiger partial charge >= 0.3 is 0 Å². The Morgan fingerprint density at radius 2 is 1.93 bits per heavy atom. The van der Waals surface area contributed by atoms with Gasteiger partial charge in [-0.2, -0.15) is 0 Å². The molecule has 1 N–H and O–H groups in total. The first kappa shape index (κ1) is 20.7. The molecule has 1 fully saturated rings. The van der Waals surface area contributed by atoms with Crippen molar-refractivity contribution in [2.45, 2.75) is 44.6 Å². The van der Waals surface area contributed by atoms with Crippen molar-refractivity contribution in [1.82, 2.24) is 14.4 Å². The van der Waals surface area contributed by atoms with E-state index in [9.17, 15) is 14.7 Å². The molecule has 162 valence electrons. The summed E-state index contributed by atoms with van der Waals surface area (Å²) in [4.78, 5) is 29.0. The van der Waals surface area contributed by atoms with Crippen LogP contribution in [0.4, 0.5) is 0 Å². The van der Waals surface area contributed by atoms with Crippen molar-refractivity contribution in [2.24, 2.45) is 7.05 Å². The van der Waals surface area contributed by atoms with Gasteiger partial charge in [0.15, 0.2) is 0 Å². The second-order valence-corrected chi connectivity index (χ2v) is 8.56. The molecule has 3 heterocycles. The highest BCUT2D eigenvalue weighted by atomic mass is 16.5. The van der Waals surface area contributed by atoms with E-state index in [4.69, 9.17) is 4.74 Å². The predicted molar refractivity (Wildman–Crippen MR) is 114 cm³/mol. The van der Waals surface area contributed by atoms with Crippen LogP contribution in [0.5, 0.6) is 5.75 Å². The van der Waals surface area contributed by atoms with E-state index in [0.29, 0.717) is 32.5 Å². The van der Waals surface area contributed by atoms with Crippen molar-refractivity contribution in [1.29, 1.82) is 0 Å². The van der Waals surface area contributed by atoms with Crippen LogP contribution >= 0.6 is 0 Å². The van der Waals surface area contributed by atoms with Crippen LogP contribution in [0.15, 0.2) is 18.2 Å². The van der Waals surface area contributed by atoms with Crippen molar-refractivity contribution >= 4 is 22.7 Å². The smallest absolute Gasteiger partial charge is 0.222 e. The Labute approximate surface area is 177 Å². The number of rotatable bonds is 5. The molecular weight excluding hydrogens is 382 g/mol. The number of aliphatic hydroxyl groups is 1. The average Bonchev–Trinajstić information content (AvgIpc) is 3.03. The first-order chi connectivity index (χ1) is 14.4. The van der Waals surface area contributed by atoms with Crippen LogP contribution in [0.25, 0.3) is 10.9 Å². The average molecular weight is 414 g/mol. The summed E-state index contributed by atoms with van der Waals surface area (Å²) in [5.41, 5.74) is 2.85. The summed E-state index contributed by atoms with van der Waals surface area (Å²) in [5, 5.41) is 11.4. The quantitative estimate of drug-likeness (QED) is 0.817. The van der Waals surface area contributed by atoms with Crippen molar-refractivity contribution in [3.05, 3.63) is 29.5 Å². The van der Waals surface area contributed by atoms with Crippen LogP contribution in [-0.4, -0.2) is 64.6 Å². The lowest BCUT2D eigenvalue weighted by atomic mass is 9.68. The molecule has 2 aromatic rings. The number of hydrogen-bond acceptors (Lipinski definition) is 4. The van der Waals surface area contributed by atoms with Gasteiger partial charge in [-0.15, -0.1) is 0 Å². The summed E-state index contributed by atoms with van der Waals surface area (Å²) in [7, 11) is 3.63. The molecule has 0 saturated carbocycles. The molecule has 1 atom stereocenters. The maximum Gasteiger partial charge on any atom is 0.222 e. The third-order valence-corrected chi connectivity index (χ3v) is 6.75. The third-order valence-electron chi connectivity index (χ3n) is 6.75. The van der Waals surface area contributed by atoms with Crippen molar-refractivity contribution in [3.8, 4) is 5.75 Å². The minimum atomic E-state index is -0.387. The number of aliphatic hydroxyl groups excluding tert-OH is 1. The van der Waals surface area contributed by atoms with Gasteiger partial charge in [0.05, 0.1) is 30.7 Å². The van der Waals surface area contributed by atoms with E-state index >= 15 is 0 Å².